The molecule has 0 saturated carbocycles. The van der Waals surface area contributed by atoms with E-state index in [-0.39, 0.29) is 18.3 Å². The van der Waals surface area contributed by atoms with Gasteiger partial charge < -0.3 is 24.3 Å². The lowest BCUT2D eigenvalue weighted by molar-refractivity contribution is 0.0298. The van der Waals surface area contributed by atoms with Crippen molar-refractivity contribution in [3.05, 3.63) is 46.7 Å². The maximum Gasteiger partial charge on any atom is 0.164 e. The number of fused-ring (bicyclic) bond motifs is 2. The second kappa shape index (κ2) is 8.07. The third-order valence-corrected chi connectivity index (χ3v) is 5.87. The van der Waals surface area contributed by atoms with Gasteiger partial charge in [0.1, 0.15) is 18.2 Å². The van der Waals surface area contributed by atoms with Crippen molar-refractivity contribution < 1.29 is 18.9 Å². The van der Waals surface area contributed by atoms with E-state index in [9.17, 15) is 0 Å². The van der Waals surface area contributed by atoms with Gasteiger partial charge in [-0.15, -0.1) is 0 Å². The van der Waals surface area contributed by atoms with E-state index in [4.69, 9.17) is 42.1 Å². The molecule has 0 radical (unpaired) electrons. The predicted molar refractivity (Wildman–Crippen MR) is 114 cm³/mol. The SMILES string of the molecule is COc1cc2c(Nc3cc(Cl)ccc3Cl)ncnc2cc1OC1COC2CCOC21. The molecule has 2 saturated heterocycles. The standard InChI is InChI=1S/C21H19Cl2N3O4/c1-27-17-7-12-14(8-18(17)30-19-9-29-16-4-5-28-20(16)19)24-10-25-21(12)26-15-6-11(22)2-3-13(15)23/h2-3,6-8,10,16,19-20H,4-5,9H2,1H3,(H,24,25,26). The van der Waals surface area contributed by atoms with Crippen LogP contribution in [0.4, 0.5) is 11.5 Å². The van der Waals surface area contributed by atoms with Crippen LogP contribution in [0.25, 0.3) is 10.9 Å². The molecule has 3 atom stereocenters. The van der Waals surface area contributed by atoms with Crippen LogP contribution in [0.2, 0.25) is 10.0 Å². The normalized spacial score (nSPS) is 22.8. The Morgan fingerprint density at radius 2 is 2.00 bits per heavy atom. The number of methoxy groups -OCH3 is 1. The van der Waals surface area contributed by atoms with E-state index in [1.807, 2.05) is 12.1 Å². The Morgan fingerprint density at radius 3 is 2.87 bits per heavy atom. The van der Waals surface area contributed by atoms with Crippen LogP contribution in [0.3, 0.4) is 0 Å². The number of aromatic nitrogens is 2. The van der Waals surface area contributed by atoms with Gasteiger partial charge in [0, 0.05) is 23.1 Å². The highest BCUT2D eigenvalue weighted by Gasteiger charge is 2.43. The first-order valence-electron chi connectivity index (χ1n) is 9.57. The highest BCUT2D eigenvalue weighted by Crippen LogP contribution is 2.38. The number of hydrogen-bond acceptors (Lipinski definition) is 7. The van der Waals surface area contributed by atoms with Crippen LogP contribution in [0.5, 0.6) is 11.5 Å². The third kappa shape index (κ3) is 3.63. The van der Waals surface area contributed by atoms with Crippen LogP contribution in [0, 0.1) is 0 Å². The molecule has 2 aliphatic rings. The second-order valence-corrected chi connectivity index (χ2v) is 7.99. The first kappa shape index (κ1) is 19.6. The molecule has 9 heteroatoms. The molecule has 2 aliphatic heterocycles. The second-order valence-electron chi connectivity index (χ2n) is 7.14. The fourth-order valence-electron chi connectivity index (χ4n) is 3.83. The topological polar surface area (TPSA) is 74.7 Å². The van der Waals surface area contributed by atoms with E-state index in [1.54, 1.807) is 25.3 Å². The number of anilines is 2. The minimum atomic E-state index is -0.187. The molecule has 1 aromatic heterocycles. The van der Waals surface area contributed by atoms with Crippen LogP contribution in [0.1, 0.15) is 6.42 Å². The summed E-state index contributed by atoms with van der Waals surface area (Å²) in [6.07, 6.45) is 2.23. The number of nitrogens with zero attached hydrogens (tertiary/aromatic N) is 2. The molecule has 5 rings (SSSR count). The Morgan fingerprint density at radius 1 is 1.10 bits per heavy atom. The van der Waals surface area contributed by atoms with Gasteiger partial charge in [-0.2, -0.15) is 0 Å². The van der Waals surface area contributed by atoms with Gasteiger partial charge >= 0.3 is 0 Å². The number of halogens is 2. The Balaban J connectivity index is 1.49. The molecule has 2 aromatic carbocycles. The summed E-state index contributed by atoms with van der Waals surface area (Å²) in [7, 11) is 1.60. The number of rotatable bonds is 5. The third-order valence-electron chi connectivity index (χ3n) is 5.30. The molecule has 2 fully saturated rings. The fourth-order valence-corrected chi connectivity index (χ4v) is 4.17. The van der Waals surface area contributed by atoms with Crippen LogP contribution in [0.15, 0.2) is 36.7 Å². The van der Waals surface area contributed by atoms with Crippen molar-refractivity contribution in [1.29, 1.82) is 0 Å². The van der Waals surface area contributed by atoms with Crippen molar-refractivity contribution >= 4 is 45.6 Å². The van der Waals surface area contributed by atoms with Gasteiger partial charge in [0.25, 0.3) is 0 Å². The van der Waals surface area contributed by atoms with Crippen LogP contribution in [-0.4, -0.2) is 48.6 Å². The molecule has 0 bridgehead atoms. The van der Waals surface area contributed by atoms with E-state index < -0.39 is 0 Å². The van der Waals surface area contributed by atoms with Crippen molar-refractivity contribution in [2.75, 3.05) is 25.6 Å². The zero-order chi connectivity index (χ0) is 20.7. The summed E-state index contributed by atoms with van der Waals surface area (Å²) in [6.45, 7) is 1.18. The lowest BCUT2D eigenvalue weighted by Crippen LogP contribution is -2.32. The Kier molecular flexibility index (Phi) is 5.28. The number of nitrogens with one attached hydrogen (secondary N) is 1. The molecule has 30 heavy (non-hydrogen) atoms. The van der Waals surface area contributed by atoms with Crippen LogP contribution >= 0.6 is 23.2 Å². The molecular formula is C21H19Cl2N3O4. The van der Waals surface area contributed by atoms with Gasteiger partial charge in [0.2, 0.25) is 0 Å². The highest BCUT2D eigenvalue weighted by molar-refractivity contribution is 6.35. The molecule has 3 unspecified atom stereocenters. The van der Waals surface area contributed by atoms with E-state index >= 15 is 0 Å². The van der Waals surface area contributed by atoms with Crippen molar-refractivity contribution in [2.45, 2.75) is 24.7 Å². The fraction of sp³-hybridized carbons (Fsp3) is 0.333. The van der Waals surface area contributed by atoms with Crippen LogP contribution in [-0.2, 0) is 9.47 Å². The summed E-state index contributed by atoms with van der Waals surface area (Å²) in [4.78, 5) is 8.76. The van der Waals surface area contributed by atoms with Gasteiger partial charge in [-0.1, -0.05) is 23.2 Å². The Hall–Kier alpha value is -2.32. The van der Waals surface area contributed by atoms with Gasteiger partial charge in [-0.3, -0.25) is 0 Å². The molecule has 0 spiro atoms. The van der Waals surface area contributed by atoms with E-state index in [2.05, 4.69) is 15.3 Å². The Bertz CT molecular complexity index is 1100. The first-order valence-corrected chi connectivity index (χ1v) is 10.3. The largest absolute Gasteiger partial charge is 0.493 e. The van der Waals surface area contributed by atoms with Crippen LogP contribution < -0.4 is 14.8 Å². The lowest BCUT2D eigenvalue weighted by Gasteiger charge is -2.20. The number of hydrogen-bond donors (Lipinski definition) is 1. The summed E-state index contributed by atoms with van der Waals surface area (Å²) in [6, 6.07) is 8.87. The molecular weight excluding hydrogens is 429 g/mol. The predicted octanol–water partition coefficient (Wildman–Crippen LogP) is 4.62. The van der Waals surface area contributed by atoms with Gasteiger partial charge in [0.05, 0.1) is 36.0 Å². The molecule has 3 aromatic rings. The summed E-state index contributed by atoms with van der Waals surface area (Å²) in [5.41, 5.74) is 1.35. The summed E-state index contributed by atoms with van der Waals surface area (Å²) < 4.78 is 23.4. The molecule has 1 N–H and O–H groups in total. The Labute approximate surface area is 183 Å². The molecule has 7 nitrogen and oxygen atoms in total. The van der Waals surface area contributed by atoms with Crippen molar-refractivity contribution in [2.24, 2.45) is 0 Å². The van der Waals surface area contributed by atoms with Gasteiger partial charge in [0.15, 0.2) is 17.6 Å². The quantitative estimate of drug-likeness (QED) is 0.611. The monoisotopic (exact) mass is 447 g/mol. The lowest BCUT2D eigenvalue weighted by atomic mass is 10.1. The zero-order valence-corrected chi connectivity index (χ0v) is 17.6. The van der Waals surface area contributed by atoms with E-state index in [0.29, 0.717) is 51.8 Å². The van der Waals surface area contributed by atoms with Gasteiger partial charge in [-0.25, -0.2) is 9.97 Å². The number of ether oxygens (including phenoxy) is 4. The molecule has 0 aliphatic carbocycles. The smallest absolute Gasteiger partial charge is 0.164 e. The minimum Gasteiger partial charge on any atom is -0.493 e. The minimum absolute atomic E-state index is 0.0574. The average Bonchev–Trinajstić information content (AvgIpc) is 3.35. The zero-order valence-electron chi connectivity index (χ0n) is 16.1. The van der Waals surface area contributed by atoms with E-state index in [1.165, 1.54) is 6.33 Å². The summed E-state index contributed by atoms with van der Waals surface area (Å²) >= 11 is 12.4. The van der Waals surface area contributed by atoms with Crippen molar-refractivity contribution in [3.8, 4) is 11.5 Å². The van der Waals surface area contributed by atoms with Crippen molar-refractivity contribution in [3.63, 3.8) is 0 Å². The maximum absolute atomic E-state index is 6.29. The van der Waals surface area contributed by atoms with Gasteiger partial charge in [-0.05, 0) is 30.7 Å². The highest BCUT2D eigenvalue weighted by atomic mass is 35.5. The van der Waals surface area contributed by atoms with Crippen molar-refractivity contribution in [1.82, 2.24) is 9.97 Å². The maximum atomic E-state index is 6.29. The summed E-state index contributed by atoms with van der Waals surface area (Å²) in [5, 5.41) is 5.09. The average molecular weight is 448 g/mol. The molecule has 3 heterocycles. The molecule has 156 valence electrons. The summed E-state index contributed by atoms with van der Waals surface area (Å²) in [5.74, 6) is 1.73. The van der Waals surface area contributed by atoms with E-state index in [0.717, 1.165) is 11.8 Å². The number of benzene rings is 2. The first-order chi connectivity index (χ1) is 14.6. The molecule has 0 amide bonds.